The number of rotatable bonds is 13. The van der Waals surface area contributed by atoms with Crippen molar-refractivity contribution in [3.05, 3.63) is 35.9 Å². The Morgan fingerprint density at radius 1 is 1.15 bits per heavy atom. The number of amides is 1. The molecule has 0 saturated carbocycles. The third kappa shape index (κ3) is 7.26. The van der Waals surface area contributed by atoms with E-state index in [9.17, 15) is 9.59 Å². The molecule has 0 radical (unpaired) electrons. The van der Waals surface area contributed by atoms with E-state index in [1.807, 2.05) is 49.2 Å². The Labute approximate surface area is 199 Å². The van der Waals surface area contributed by atoms with Crippen LogP contribution in [0.3, 0.4) is 0 Å². The highest BCUT2D eigenvalue weighted by Crippen LogP contribution is 2.28. The average molecular weight is 463 g/mol. The summed E-state index contributed by atoms with van der Waals surface area (Å²) in [5.41, 5.74) is 0.940. The molecule has 2 rings (SSSR count). The number of likely N-dealkylation sites (tertiary alicyclic amines) is 1. The molecule has 7 nitrogen and oxygen atoms in total. The summed E-state index contributed by atoms with van der Waals surface area (Å²) in [5, 5.41) is 3.32. The monoisotopic (exact) mass is 462 g/mol. The minimum Gasteiger partial charge on any atom is -0.461 e. The van der Waals surface area contributed by atoms with Crippen molar-refractivity contribution in [1.82, 2.24) is 10.2 Å². The van der Waals surface area contributed by atoms with Crippen molar-refractivity contribution in [2.45, 2.75) is 77.4 Å². The quantitative estimate of drug-likeness (QED) is 0.453. The summed E-state index contributed by atoms with van der Waals surface area (Å²) in [7, 11) is 5.18. The van der Waals surface area contributed by atoms with Gasteiger partial charge in [0.15, 0.2) is 0 Å². The molecule has 1 N–H and O–H groups in total. The zero-order valence-corrected chi connectivity index (χ0v) is 21.1. The van der Waals surface area contributed by atoms with E-state index < -0.39 is 12.0 Å². The highest BCUT2D eigenvalue weighted by Gasteiger charge is 2.41. The van der Waals surface area contributed by atoms with Gasteiger partial charge in [-0.3, -0.25) is 9.59 Å². The first kappa shape index (κ1) is 27.3. The minimum absolute atomic E-state index is 0.0415. The maximum atomic E-state index is 13.3. The van der Waals surface area contributed by atoms with E-state index in [1.165, 1.54) is 0 Å². The second kappa shape index (κ2) is 13.7. The molecule has 1 saturated heterocycles. The lowest BCUT2D eigenvalue weighted by Gasteiger charge is -2.35. The predicted molar refractivity (Wildman–Crippen MR) is 129 cm³/mol. The van der Waals surface area contributed by atoms with Gasteiger partial charge >= 0.3 is 5.97 Å². The fraction of sp³-hybridized carbons (Fsp3) is 0.692. The zero-order valence-electron chi connectivity index (χ0n) is 21.1. The first-order valence-corrected chi connectivity index (χ1v) is 12.1. The maximum absolute atomic E-state index is 13.3. The lowest BCUT2D eigenvalue weighted by molar-refractivity contribution is -0.158. The number of nitrogens with one attached hydrogen (secondary N) is 1. The van der Waals surface area contributed by atoms with Crippen LogP contribution in [-0.4, -0.2) is 68.9 Å². The molecule has 186 valence electrons. The minimum atomic E-state index is -0.486. The van der Waals surface area contributed by atoms with Gasteiger partial charge in [0.05, 0.1) is 30.6 Å². The molecule has 0 bridgehead atoms. The number of hydrogen-bond acceptors (Lipinski definition) is 6. The lowest BCUT2D eigenvalue weighted by Crippen LogP contribution is -2.51. The molecule has 1 aromatic rings. The fourth-order valence-corrected chi connectivity index (χ4v) is 4.87. The van der Waals surface area contributed by atoms with Gasteiger partial charge in [-0.15, -0.1) is 0 Å². The number of nitrogens with zero attached hydrogens (tertiary/aromatic N) is 1. The molecule has 1 aromatic carbocycles. The van der Waals surface area contributed by atoms with Crippen molar-refractivity contribution in [1.29, 1.82) is 0 Å². The van der Waals surface area contributed by atoms with Crippen molar-refractivity contribution < 1.29 is 23.8 Å². The van der Waals surface area contributed by atoms with E-state index in [-0.39, 0.29) is 36.7 Å². The molecule has 7 heteroatoms. The van der Waals surface area contributed by atoms with Crippen LogP contribution in [-0.2, 0) is 30.4 Å². The number of carbonyl (C=O) groups is 2. The van der Waals surface area contributed by atoms with Crippen molar-refractivity contribution in [2.75, 3.05) is 27.8 Å². The Morgan fingerprint density at radius 2 is 1.85 bits per heavy atom. The number of likely N-dealkylation sites (N-methyl/N-ethyl adjacent to an activating group) is 1. The summed E-state index contributed by atoms with van der Waals surface area (Å²) < 4.78 is 17.0. The average Bonchev–Trinajstić information content (AvgIpc) is 3.32. The molecule has 33 heavy (non-hydrogen) atoms. The SMILES string of the molecule is CC[C@H](C)[C@H](NC)[C@@H](CC(=O)N1CCC[C@H]1[C@H](OC)[C@@H](C)C(=O)OCc1ccccc1)OC. The molecule has 1 aliphatic heterocycles. The molecule has 1 aliphatic rings. The van der Waals surface area contributed by atoms with Crippen LogP contribution in [0.25, 0.3) is 0 Å². The number of methoxy groups -OCH3 is 2. The Kier molecular flexibility index (Phi) is 11.3. The molecule has 0 aromatic heterocycles. The summed E-state index contributed by atoms with van der Waals surface area (Å²) >= 11 is 0. The highest BCUT2D eigenvalue weighted by molar-refractivity contribution is 5.78. The summed E-state index contributed by atoms with van der Waals surface area (Å²) in [6.45, 7) is 7.02. The molecule has 1 heterocycles. The second-order valence-corrected chi connectivity index (χ2v) is 9.06. The van der Waals surface area contributed by atoms with Crippen molar-refractivity contribution in [2.24, 2.45) is 11.8 Å². The maximum Gasteiger partial charge on any atom is 0.311 e. The van der Waals surface area contributed by atoms with E-state index in [1.54, 1.807) is 14.2 Å². The number of esters is 1. The van der Waals surface area contributed by atoms with Crippen LogP contribution in [0, 0.1) is 11.8 Å². The highest BCUT2D eigenvalue weighted by atomic mass is 16.5. The smallest absolute Gasteiger partial charge is 0.311 e. The first-order chi connectivity index (χ1) is 15.9. The van der Waals surface area contributed by atoms with E-state index >= 15 is 0 Å². The topological polar surface area (TPSA) is 77.1 Å². The van der Waals surface area contributed by atoms with Crippen LogP contribution in [0.5, 0.6) is 0 Å². The van der Waals surface area contributed by atoms with Crippen LogP contribution >= 0.6 is 0 Å². The number of hydrogen-bond donors (Lipinski definition) is 1. The van der Waals surface area contributed by atoms with Crippen LogP contribution in [0.4, 0.5) is 0 Å². The predicted octanol–water partition coefficient (Wildman–Crippen LogP) is 3.41. The van der Waals surface area contributed by atoms with Crippen molar-refractivity contribution in [3.63, 3.8) is 0 Å². The van der Waals surface area contributed by atoms with E-state index in [4.69, 9.17) is 14.2 Å². The van der Waals surface area contributed by atoms with Gasteiger partial charge in [0.2, 0.25) is 5.91 Å². The second-order valence-electron chi connectivity index (χ2n) is 9.06. The van der Waals surface area contributed by atoms with Gasteiger partial charge < -0.3 is 24.4 Å². The van der Waals surface area contributed by atoms with Gasteiger partial charge in [0.25, 0.3) is 0 Å². The molecular formula is C26H42N2O5. The number of ether oxygens (including phenoxy) is 3. The Balaban J connectivity index is 2.04. The molecule has 0 unspecified atom stereocenters. The van der Waals surface area contributed by atoms with Gasteiger partial charge in [-0.1, -0.05) is 50.6 Å². The van der Waals surface area contributed by atoms with Crippen LogP contribution < -0.4 is 5.32 Å². The van der Waals surface area contributed by atoms with Crippen LogP contribution in [0.15, 0.2) is 30.3 Å². The Morgan fingerprint density at radius 3 is 2.42 bits per heavy atom. The first-order valence-electron chi connectivity index (χ1n) is 12.1. The van der Waals surface area contributed by atoms with Gasteiger partial charge in [-0.25, -0.2) is 0 Å². The molecule has 1 fully saturated rings. The standard InChI is InChI=1S/C26H42N2O5/c1-7-18(2)24(27-4)22(31-5)16-23(29)28-15-11-14-21(28)25(32-6)19(3)26(30)33-17-20-12-9-8-10-13-20/h8-10,12-13,18-19,21-22,24-25,27H,7,11,14-17H2,1-6H3/t18-,19+,21-,22+,24-,25+/m0/s1. The number of carbonyl (C=O) groups excluding carboxylic acids is 2. The molecule has 6 atom stereocenters. The third-order valence-electron chi connectivity index (χ3n) is 7.03. The number of benzene rings is 1. The normalized spacial score (nSPS) is 20.7. The van der Waals surface area contributed by atoms with Crippen molar-refractivity contribution >= 4 is 11.9 Å². The summed E-state index contributed by atoms with van der Waals surface area (Å²) in [5.74, 6) is -0.375. The molecule has 1 amide bonds. The summed E-state index contributed by atoms with van der Waals surface area (Å²) in [6.07, 6.45) is 2.36. The van der Waals surface area contributed by atoms with Gasteiger partial charge in [-0.05, 0) is 38.3 Å². The van der Waals surface area contributed by atoms with Crippen LogP contribution in [0.2, 0.25) is 0 Å². The van der Waals surface area contributed by atoms with Crippen molar-refractivity contribution in [3.8, 4) is 0 Å². The largest absolute Gasteiger partial charge is 0.461 e. The van der Waals surface area contributed by atoms with E-state index in [0.29, 0.717) is 18.9 Å². The lowest BCUT2D eigenvalue weighted by atomic mass is 9.92. The summed E-state index contributed by atoms with van der Waals surface area (Å²) in [6, 6.07) is 9.54. The third-order valence-corrected chi connectivity index (χ3v) is 7.03. The van der Waals surface area contributed by atoms with Crippen LogP contribution in [0.1, 0.15) is 52.0 Å². The van der Waals surface area contributed by atoms with E-state index in [0.717, 1.165) is 24.8 Å². The molecule has 0 aliphatic carbocycles. The Hall–Kier alpha value is -1.96. The Bertz CT molecular complexity index is 729. The van der Waals surface area contributed by atoms with Gasteiger partial charge in [-0.2, -0.15) is 0 Å². The molecular weight excluding hydrogens is 420 g/mol. The molecule has 0 spiro atoms. The van der Waals surface area contributed by atoms with Gasteiger partial charge in [0, 0.05) is 26.8 Å². The zero-order chi connectivity index (χ0) is 24.4. The van der Waals surface area contributed by atoms with E-state index in [2.05, 4.69) is 19.2 Å². The van der Waals surface area contributed by atoms with Gasteiger partial charge in [0.1, 0.15) is 6.61 Å². The summed E-state index contributed by atoms with van der Waals surface area (Å²) in [4.78, 5) is 28.0. The fourth-order valence-electron chi connectivity index (χ4n) is 4.87.